The van der Waals surface area contributed by atoms with Crippen molar-refractivity contribution < 1.29 is 19.1 Å². The van der Waals surface area contributed by atoms with Gasteiger partial charge in [-0.1, -0.05) is 0 Å². The molecule has 0 heterocycles. The van der Waals surface area contributed by atoms with Gasteiger partial charge in [0.05, 0.1) is 14.2 Å². The van der Waals surface area contributed by atoms with Gasteiger partial charge in [-0.3, -0.25) is 20.4 Å². The molecule has 6 nitrogen and oxygen atoms in total. The molecule has 1 fully saturated rings. The Bertz CT molecular complexity index is 513. The second kappa shape index (κ2) is 5.81. The van der Waals surface area contributed by atoms with E-state index in [1.165, 1.54) is 14.2 Å². The van der Waals surface area contributed by atoms with Crippen molar-refractivity contribution >= 4 is 11.8 Å². The Morgan fingerprint density at radius 1 is 1.10 bits per heavy atom. The van der Waals surface area contributed by atoms with Gasteiger partial charge in [-0.15, -0.1) is 0 Å². The van der Waals surface area contributed by atoms with Crippen molar-refractivity contribution in [2.45, 2.75) is 19.8 Å². The number of hydrogen-bond acceptors (Lipinski definition) is 4. The Morgan fingerprint density at radius 2 is 1.65 bits per heavy atom. The number of benzene rings is 1. The standard InChI is InChI=1S/C14H18N2O4/c1-8-11(19-2)6-10(7-12(8)20-3)14(18)16-15-13(17)9-4-5-9/h6-7,9H,4-5H2,1-3H3,(H,15,17)(H,16,18). The SMILES string of the molecule is COc1cc(C(=O)NNC(=O)C2CC2)cc(OC)c1C. The van der Waals surface area contributed by atoms with Gasteiger partial charge in [-0.05, 0) is 31.9 Å². The number of methoxy groups -OCH3 is 2. The van der Waals surface area contributed by atoms with E-state index in [0.717, 1.165) is 18.4 Å². The first kappa shape index (κ1) is 14.2. The van der Waals surface area contributed by atoms with Crippen molar-refractivity contribution in [2.24, 2.45) is 5.92 Å². The summed E-state index contributed by atoms with van der Waals surface area (Å²) >= 11 is 0. The minimum atomic E-state index is -0.407. The van der Waals surface area contributed by atoms with E-state index in [1.807, 2.05) is 6.92 Å². The number of amides is 2. The summed E-state index contributed by atoms with van der Waals surface area (Å²) in [6.45, 7) is 1.84. The van der Waals surface area contributed by atoms with Gasteiger partial charge in [0, 0.05) is 17.0 Å². The van der Waals surface area contributed by atoms with E-state index in [0.29, 0.717) is 17.1 Å². The predicted molar refractivity (Wildman–Crippen MR) is 72.6 cm³/mol. The first-order valence-electron chi connectivity index (χ1n) is 6.39. The first-order chi connectivity index (χ1) is 9.56. The predicted octanol–water partition coefficient (Wildman–Crippen LogP) is 1.18. The highest BCUT2D eigenvalue weighted by atomic mass is 16.5. The van der Waals surface area contributed by atoms with Gasteiger partial charge >= 0.3 is 0 Å². The lowest BCUT2D eigenvalue weighted by molar-refractivity contribution is -0.123. The van der Waals surface area contributed by atoms with Gasteiger partial charge in [-0.25, -0.2) is 0 Å². The normalized spacial score (nSPS) is 13.6. The molecule has 0 unspecified atom stereocenters. The van der Waals surface area contributed by atoms with Gasteiger partial charge in [-0.2, -0.15) is 0 Å². The molecule has 0 bridgehead atoms. The topological polar surface area (TPSA) is 76.7 Å². The van der Waals surface area contributed by atoms with Crippen LogP contribution in [0.25, 0.3) is 0 Å². The number of rotatable bonds is 4. The Hall–Kier alpha value is -2.24. The lowest BCUT2D eigenvalue weighted by atomic mass is 10.1. The average molecular weight is 278 g/mol. The highest BCUT2D eigenvalue weighted by Crippen LogP contribution is 2.30. The van der Waals surface area contributed by atoms with Crippen molar-refractivity contribution in [2.75, 3.05) is 14.2 Å². The molecule has 1 aromatic carbocycles. The van der Waals surface area contributed by atoms with E-state index in [9.17, 15) is 9.59 Å². The molecule has 2 amide bonds. The Balaban J connectivity index is 2.10. The third kappa shape index (κ3) is 3.01. The van der Waals surface area contributed by atoms with Crippen molar-refractivity contribution in [3.63, 3.8) is 0 Å². The zero-order valence-corrected chi connectivity index (χ0v) is 11.8. The van der Waals surface area contributed by atoms with Crippen LogP contribution in [0.2, 0.25) is 0 Å². The van der Waals surface area contributed by atoms with Crippen LogP contribution in [0.3, 0.4) is 0 Å². The summed E-state index contributed by atoms with van der Waals surface area (Å²) in [5, 5.41) is 0. The van der Waals surface area contributed by atoms with E-state index >= 15 is 0 Å². The quantitative estimate of drug-likeness (QED) is 0.811. The number of hydrazine groups is 1. The average Bonchev–Trinajstić information content (AvgIpc) is 3.29. The van der Waals surface area contributed by atoms with Gasteiger partial charge < -0.3 is 9.47 Å². The van der Waals surface area contributed by atoms with Crippen molar-refractivity contribution in [1.29, 1.82) is 0 Å². The minimum absolute atomic E-state index is 0.0393. The molecule has 2 rings (SSSR count). The number of hydrogen-bond donors (Lipinski definition) is 2. The lowest BCUT2D eigenvalue weighted by Crippen LogP contribution is -2.42. The molecule has 2 N–H and O–H groups in total. The largest absolute Gasteiger partial charge is 0.496 e. The molecule has 1 saturated carbocycles. The molecule has 0 saturated heterocycles. The van der Waals surface area contributed by atoms with Gasteiger partial charge in [0.25, 0.3) is 5.91 Å². The second-order valence-corrected chi connectivity index (χ2v) is 4.72. The molecule has 0 spiro atoms. The fraction of sp³-hybridized carbons (Fsp3) is 0.429. The highest BCUT2D eigenvalue weighted by Gasteiger charge is 2.29. The number of carbonyl (C=O) groups excluding carboxylic acids is 2. The third-order valence-electron chi connectivity index (χ3n) is 3.26. The maximum atomic E-state index is 12.0. The van der Waals surface area contributed by atoms with Crippen LogP contribution in [0.4, 0.5) is 0 Å². The molecule has 0 aromatic heterocycles. The van der Waals surface area contributed by atoms with E-state index < -0.39 is 5.91 Å². The molecule has 1 aliphatic carbocycles. The molecule has 6 heteroatoms. The third-order valence-corrected chi connectivity index (χ3v) is 3.26. The number of ether oxygens (including phenoxy) is 2. The van der Waals surface area contributed by atoms with Gasteiger partial charge in [0.1, 0.15) is 11.5 Å². The maximum Gasteiger partial charge on any atom is 0.269 e. The van der Waals surface area contributed by atoms with Crippen molar-refractivity contribution in [3.8, 4) is 11.5 Å². The van der Waals surface area contributed by atoms with Gasteiger partial charge in [0.15, 0.2) is 0 Å². The van der Waals surface area contributed by atoms with Crippen molar-refractivity contribution in [1.82, 2.24) is 10.9 Å². The Kier molecular flexibility index (Phi) is 4.12. The zero-order chi connectivity index (χ0) is 14.7. The number of carbonyl (C=O) groups is 2. The van der Waals surface area contributed by atoms with Crippen LogP contribution in [0.1, 0.15) is 28.8 Å². The summed E-state index contributed by atoms with van der Waals surface area (Å²) in [5.41, 5.74) is 5.98. The summed E-state index contributed by atoms with van der Waals surface area (Å²) in [4.78, 5) is 23.5. The summed E-state index contributed by atoms with van der Waals surface area (Å²) < 4.78 is 10.4. The molecule has 1 aromatic rings. The smallest absolute Gasteiger partial charge is 0.269 e. The van der Waals surface area contributed by atoms with E-state index in [2.05, 4.69) is 10.9 Å². The minimum Gasteiger partial charge on any atom is -0.496 e. The Labute approximate surface area is 117 Å². The molecule has 1 aliphatic rings. The molecule has 0 radical (unpaired) electrons. The summed E-state index contributed by atoms with van der Waals surface area (Å²) in [7, 11) is 3.05. The molecule has 0 atom stereocenters. The number of nitrogens with one attached hydrogen (secondary N) is 2. The maximum absolute atomic E-state index is 12.0. The van der Waals surface area contributed by atoms with E-state index in [-0.39, 0.29) is 11.8 Å². The zero-order valence-electron chi connectivity index (χ0n) is 11.8. The molecule has 20 heavy (non-hydrogen) atoms. The van der Waals surface area contributed by atoms with Gasteiger partial charge in [0.2, 0.25) is 5.91 Å². The first-order valence-corrected chi connectivity index (χ1v) is 6.39. The fourth-order valence-electron chi connectivity index (χ4n) is 1.86. The molecule has 108 valence electrons. The second-order valence-electron chi connectivity index (χ2n) is 4.72. The summed E-state index contributed by atoms with van der Waals surface area (Å²) in [6, 6.07) is 3.22. The lowest BCUT2D eigenvalue weighted by Gasteiger charge is -2.13. The van der Waals surface area contributed by atoms with Crippen LogP contribution in [-0.2, 0) is 4.79 Å². The van der Waals surface area contributed by atoms with Crippen LogP contribution in [0.15, 0.2) is 12.1 Å². The Morgan fingerprint density at radius 3 is 2.10 bits per heavy atom. The summed E-state index contributed by atoms with van der Waals surface area (Å²) in [6.07, 6.45) is 1.77. The molecular formula is C14H18N2O4. The van der Waals surface area contributed by atoms with Crippen LogP contribution in [-0.4, -0.2) is 26.0 Å². The van der Waals surface area contributed by atoms with E-state index in [1.54, 1.807) is 12.1 Å². The summed E-state index contributed by atoms with van der Waals surface area (Å²) in [5.74, 6) is 0.600. The monoisotopic (exact) mass is 278 g/mol. The molecule has 0 aliphatic heterocycles. The van der Waals surface area contributed by atoms with Crippen LogP contribution >= 0.6 is 0 Å². The molecular weight excluding hydrogens is 260 g/mol. The fourth-order valence-corrected chi connectivity index (χ4v) is 1.86. The van der Waals surface area contributed by atoms with Crippen LogP contribution < -0.4 is 20.3 Å². The van der Waals surface area contributed by atoms with Crippen LogP contribution in [0, 0.1) is 12.8 Å². The van der Waals surface area contributed by atoms with E-state index in [4.69, 9.17) is 9.47 Å². The van der Waals surface area contributed by atoms with Crippen molar-refractivity contribution in [3.05, 3.63) is 23.3 Å². The highest BCUT2D eigenvalue weighted by molar-refractivity contribution is 5.96. The van der Waals surface area contributed by atoms with Crippen LogP contribution in [0.5, 0.6) is 11.5 Å².